The molecule has 2 rings (SSSR count). The number of aromatic nitrogens is 2. The van der Waals surface area contributed by atoms with Crippen LogP contribution in [0.4, 0.5) is 5.69 Å². The van der Waals surface area contributed by atoms with Crippen LogP contribution in [-0.4, -0.2) is 27.8 Å². The molecule has 7 heteroatoms. The fourth-order valence-electron chi connectivity index (χ4n) is 2.21. The molecule has 0 atom stereocenters. The minimum atomic E-state index is -0.612. The minimum absolute atomic E-state index is 0.167. The second kappa shape index (κ2) is 7.45. The van der Waals surface area contributed by atoms with Crippen LogP contribution in [0.5, 0.6) is 0 Å². The zero-order chi connectivity index (χ0) is 17.7. The molecule has 1 aromatic heterocycles. The number of nitrogens with one attached hydrogen (secondary N) is 1. The van der Waals surface area contributed by atoms with Gasteiger partial charge < -0.3 is 10.1 Å². The van der Waals surface area contributed by atoms with Crippen molar-refractivity contribution in [3.8, 4) is 5.69 Å². The Labute approximate surface area is 139 Å². The van der Waals surface area contributed by atoms with E-state index in [4.69, 9.17) is 4.74 Å². The average Bonchev–Trinajstić information content (AvgIpc) is 2.78. The van der Waals surface area contributed by atoms with Crippen LogP contribution in [-0.2, 0) is 21.4 Å². The summed E-state index contributed by atoms with van der Waals surface area (Å²) in [6.45, 7) is 3.63. The summed E-state index contributed by atoms with van der Waals surface area (Å²) in [4.78, 5) is 35.7. The normalized spacial score (nSPS) is 10.8. The van der Waals surface area contributed by atoms with Gasteiger partial charge in [-0.15, -0.1) is 0 Å². The Morgan fingerprint density at radius 3 is 2.50 bits per heavy atom. The van der Waals surface area contributed by atoms with Gasteiger partial charge >= 0.3 is 5.97 Å². The van der Waals surface area contributed by atoms with Crippen LogP contribution < -0.4 is 10.9 Å². The number of carbonyl (C=O) groups excluding carboxylic acids is 2. The molecule has 0 radical (unpaired) electrons. The van der Waals surface area contributed by atoms with Gasteiger partial charge in [0.1, 0.15) is 5.69 Å². The highest BCUT2D eigenvalue weighted by molar-refractivity contribution is 6.02. The van der Waals surface area contributed by atoms with Gasteiger partial charge in [-0.25, -0.2) is 9.48 Å². The zero-order valence-electron chi connectivity index (χ0n) is 13.8. The van der Waals surface area contributed by atoms with Crippen molar-refractivity contribution in [3.63, 3.8) is 0 Å². The third kappa shape index (κ3) is 3.62. The molecule has 0 unspecified atom stereocenters. The lowest BCUT2D eigenvalue weighted by atomic mass is 10.3. The Hall–Kier alpha value is -3.09. The maximum absolute atomic E-state index is 12.6. The quantitative estimate of drug-likeness (QED) is 0.666. The molecular formula is C17H19N3O4. The van der Waals surface area contributed by atoms with E-state index in [0.717, 1.165) is 12.2 Å². The summed E-state index contributed by atoms with van der Waals surface area (Å²) in [5.74, 6) is -1.19. The first-order valence-corrected chi connectivity index (χ1v) is 7.45. The number of esters is 1. The highest BCUT2D eigenvalue weighted by Gasteiger charge is 2.17. The Kier molecular flexibility index (Phi) is 5.36. The van der Waals surface area contributed by atoms with Crippen molar-refractivity contribution in [2.24, 2.45) is 7.05 Å². The van der Waals surface area contributed by atoms with Crippen LogP contribution in [0.2, 0.25) is 0 Å². The number of rotatable bonds is 5. The Morgan fingerprint density at radius 1 is 1.21 bits per heavy atom. The summed E-state index contributed by atoms with van der Waals surface area (Å²) >= 11 is 0. The van der Waals surface area contributed by atoms with E-state index in [-0.39, 0.29) is 17.9 Å². The van der Waals surface area contributed by atoms with Crippen molar-refractivity contribution < 1.29 is 14.3 Å². The fraction of sp³-hybridized carbons (Fsp3) is 0.235. The first-order valence-electron chi connectivity index (χ1n) is 7.45. The second-order valence-electron chi connectivity index (χ2n) is 5.01. The molecule has 0 spiro atoms. The first kappa shape index (κ1) is 17.3. The number of carbonyl (C=O) groups is 2. The summed E-state index contributed by atoms with van der Waals surface area (Å²) in [5, 5.41) is 2.52. The molecule has 1 heterocycles. The highest BCUT2D eigenvalue weighted by atomic mass is 16.5. The van der Waals surface area contributed by atoms with Crippen LogP contribution in [0.15, 0.2) is 47.3 Å². The van der Waals surface area contributed by atoms with Crippen molar-refractivity contribution in [2.45, 2.75) is 13.8 Å². The molecule has 24 heavy (non-hydrogen) atoms. The number of benzene rings is 1. The maximum atomic E-state index is 12.6. The van der Waals surface area contributed by atoms with Gasteiger partial charge in [0.2, 0.25) is 5.91 Å². The number of para-hydroxylation sites is 1. The molecule has 2 aromatic rings. The smallest absolute Gasteiger partial charge is 0.330 e. The minimum Gasteiger partial charge on any atom is -0.463 e. The van der Waals surface area contributed by atoms with E-state index >= 15 is 0 Å². The SMILES string of the molecule is CCOC(=O)/C=C/C(=O)Nc1c(C)n(C)n(-c2ccccc2)c1=O. The Morgan fingerprint density at radius 2 is 1.88 bits per heavy atom. The zero-order valence-corrected chi connectivity index (χ0v) is 13.8. The molecule has 1 N–H and O–H groups in total. The lowest BCUT2D eigenvalue weighted by Gasteiger charge is -2.07. The van der Waals surface area contributed by atoms with E-state index in [1.165, 1.54) is 4.68 Å². The van der Waals surface area contributed by atoms with Crippen molar-refractivity contribution in [2.75, 3.05) is 11.9 Å². The molecule has 0 aliphatic carbocycles. The van der Waals surface area contributed by atoms with Gasteiger partial charge in [0.05, 0.1) is 18.0 Å². The van der Waals surface area contributed by atoms with Gasteiger partial charge in [-0.3, -0.25) is 14.3 Å². The van der Waals surface area contributed by atoms with Gasteiger partial charge in [0, 0.05) is 19.2 Å². The van der Waals surface area contributed by atoms with Crippen molar-refractivity contribution in [3.05, 3.63) is 58.5 Å². The van der Waals surface area contributed by atoms with E-state index < -0.39 is 11.9 Å². The second-order valence-corrected chi connectivity index (χ2v) is 5.01. The molecule has 0 aliphatic heterocycles. The summed E-state index contributed by atoms with van der Waals surface area (Å²) in [7, 11) is 1.73. The monoisotopic (exact) mass is 329 g/mol. The molecule has 0 aliphatic rings. The van der Waals surface area contributed by atoms with Crippen molar-refractivity contribution in [1.29, 1.82) is 0 Å². The highest BCUT2D eigenvalue weighted by Crippen LogP contribution is 2.13. The standard InChI is InChI=1S/C17H19N3O4/c1-4-24-15(22)11-10-14(21)18-16-12(2)19(3)20(17(16)23)13-8-6-5-7-9-13/h5-11H,4H2,1-3H3,(H,18,21)/b11-10+. The average molecular weight is 329 g/mol. The number of ether oxygens (including phenoxy) is 1. The molecule has 1 amide bonds. The predicted octanol–water partition coefficient (Wildman–Crippen LogP) is 1.54. The van der Waals surface area contributed by atoms with E-state index in [0.29, 0.717) is 11.4 Å². The predicted molar refractivity (Wildman–Crippen MR) is 90.1 cm³/mol. The molecular weight excluding hydrogens is 310 g/mol. The topological polar surface area (TPSA) is 82.3 Å². The molecule has 0 bridgehead atoms. The van der Waals surface area contributed by atoms with Crippen LogP contribution in [0, 0.1) is 6.92 Å². The van der Waals surface area contributed by atoms with E-state index in [9.17, 15) is 14.4 Å². The Balaban J connectivity index is 2.28. The molecule has 1 aromatic carbocycles. The summed E-state index contributed by atoms with van der Waals surface area (Å²) < 4.78 is 7.81. The molecule has 7 nitrogen and oxygen atoms in total. The van der Waals surface area contributed by atoms with Crippen LogP contribution in [0.25, 0.3) is 5.69 Å². The fourth-order valence-corrected chi connectivity index (χ4v) is 2.21. The lowest BCUT2D eigenvalue weighted by molar-refractivity contribution is -0.137. The molecule has 126 valence electrons. The van der Waals surface area contributed by atoms with Crippen molar-refractivity contribution in [1.82, 2.24) is 9.36 Å². The Bertz CT molecular complexity index is 832. The third-order valence-corrected chi connectivity index (χ3v) is 3.46. The summed E-state index contributed by atoms with van der Waals surface area (Å²) in [5.41, 5.74) is 1.11. The van der Waals surface area contributed by atoms with Gasteiger partial charge in [-0.1, -0.05) is 18.2 Å². The van der Waals surface area contributed by atoms with Crippen LogP contribution in [0.3, 0.4) is 0 Å². The third-order valence-electron chi connectivity index (χ3n) is 3.46. The summed E-state index contributed by atoms with van der Waals surface area (Å²) in [6, 6.07) is 9.10. The molecule has 0 saturated heterocycles. The van der Waals surface area contributed by atoms with Gasteiger partial charge in [0.15, 0.2) is 0 Å². The van der Waals surface area contributed by atoms with E-state index in [1.807, 2.05) is 18.2 Å². The number of hydrogen-bond donors (Lipinski definition) is 1. The van der Waals surface area contributed by atoms with Gasteiger partial charge in [0.25, 0.3) is 5.56 Å². The van der Waals surface area contributed by atoms with E-state index in [2.05, 4.69) is 5.32 Å². The van der Waals surface area contributed by atoms with Crippen LogP contribution >= 0.6 is 0 Å². The largest absolute Gasteiger partial charge is 0.463 e. The van der Waals surface area contributed by atoms with Crippen LogP contribution in [0.1, 0.15) is 12.6 Å². The number of nitrogens with zero attached hydrogens (tertiary/aromatic N) is 2. The molecule has 0 saturated carbocycles. The number of amides is 1. The number of hydrogen-bond acceptors (Lipinski definition) is 4. The van der Waals surface area contributed by atoms with Gasteiger partial charge in [-0.05, 0) is 26.0 Å². The lowest BCUT2D eigenvalue weighted by Crippen LogP contribution is -2.22. The van der Waals surface area contributed by atoms with Gasteiger partial charge in [-0.2, -0.15) is 0 Å². The molecule has 0 fully saturated rings. The van der Waals surface area contributed by atoms with E-state index in [1.54, 1.807) is 37.7 Å². The first-order chi connectivity index (χ1) is 11.5. The maximum Gasteiger partial charge on any atom is 0.330 e. The summed E-state index contributed by atoms with van der Waals surface area (Å²) in [6.07, 6.45) is 2.06. The number of anilines is 1. The van der Waals surface area contributed by atoms with Crippen molar-refractivity contribution >= 4 is 17.6 Å².